The van der Waals surface area contributed by atoms with E-state index >= 15 is 0 Å². The average Bonchev–Trinajstić information content (AvgIpc) is 3.24. The fourth-order valence-corrected chi connectivity index (χ4v) is 5.21. The van der Waals surface area contributed by atoms with Gasteiger partial charge in [0.1, 0.15) is 0 Å². The molecule has 4 aliphatic rings. The van der Waals surface area contributed by atoms with Crippen LogP contribution in [0.25, 0.3) is 0 Å². The fraction of sp³-hybridized carbons (Fsp3) is 0.882. The van der Waals surface area contributed by atoms with Gasteiger partial charge in [0.2, 0.25) is 11.8 Å². The zero-order valence-corrected chi connectivity index (χ0v) is 14.5. The number of nitrogens with two attached hydrogens (primary N) is 1. The molecule has 0 spiro atoms. The van der Waals surface area contributed by atoms with Crippen molar-refractivity contribution in [3.05, 3.63) is 0 Å². The van der Waals surface area contributed by atoms with E-state index in [1.54, 1.807) is 0 Å². The van der Waals surface area contributed by atoms with Crippen LogP contribution in [0.5, 0.6) is 0 Å². The monoisotopic (exact) mass is 341 g/mol. The lowest BCUT2D eigenvalue weighted by Crippen LogP contribution is -2.39. The lowest BCUT2D eigenvalue weighted by Gasteiger charge is -2.25. The van der Waals surface area contributed by atoms with Crippen LogP contribution in [-0.4, -0.2) is 53.3 Å². The maximum atomic E-state index is 12.8. The van der Waals surface area contributed by atoms with Crippen molar-refractivity contribution in [2.24, 2.45) is 23.5 Å². The van der Waals surface area contributed by atoms with Crippen LogP contribution >= 0.6 is 12.4 Å². The normalized spacial score (nSPS) is 37.3. The minimum atomic E-state index is -0.108. The molecule has 2 saturated carbocycles. The van der Waals surface area contributed by atoms with Gasteiger partial charge in [-0.1, -0.05) is 12.8 Å². The Balaban J connectivity index is 0.00000156. The Kier molecular flexibility index (Phi) is 4.88. The molecule has 130 valence electrons. The summed E-state index contributed by atoms with van der Waals surface area (Å²) in [6, 6.07) is 0.666. The van der Waals surface area contributed by atoms with Gasteiger partial charge in [-0.05, 0) is 37.5 Å². The van der Waals surface area contributed by atoms with E-state index in [4.69, 9.17) is 5.73 Å². The smallest absolute Gasteiger partial charge is 0.228 e. The summed E-state index contributed by atoms with van der Waals surface area (Å²) in [7, 11) is 0. The Hall–Kier alpha value is -0.810. The first kappa shape index (κ1) is 17.0. The van der Waals surface area contributed by atoms with Crippen LogP contribution in [0.2, 0.25) is 0 Å². The zero-order valence-electron chi connectivity index (χ0n) is 13.7. The van der Waals surface area contributed by atoms with Crippen LogP contribution in [-0.2, 0) is 9.59 Å². The Morgan fingerprint density at radius 1 is 1.04 bits per heavy atom. The first-order chi connectivity index (χ1) is 10.6. The van der Waals surface area contributed by atoms with Crippen LogP contribution < -0.4 is 5.73 Å². The van der Waals surface area contributed by atoms with Crippen molar-refractivity contribution >= 4 is 24.2 Å². The van der Waals surface area contributed by atoms with Crippen molar-refractivity contribution in [2.75, 3.05) is 19.6 Å². The molecule has 0 radical (unpaired) electrons. The summed E-state index contributed by atoms with van der Waals surface area (Å²) in [5, 5.41) is 0. The molecule has 2 saturated heterocycles. The SMILES string of the molecule is Cl.NC1CCC2CN(C(=O)C3CC(=O)N(C4CCCC4)C3)CC12. The molecule has 0 bridgehead atoms. The minimum absolute atomic E-state index is 0. The molecule has 0 aromatic rings. The summed E-state index contributed by atoms with van der Waals surface area (Å²) in [4.78, 5) is 29.1. The maximum absolute atomic E-state index is 12.8. The molecular weight excluding hydrogens is 314 g/mol. The van der Waals surface area contributed by atoms with E-state index in [1.807, 2.05) is 9.80 Å². The molecule has 2 aliphatic carbocycles. The lowest BCUT2D eigenvalue weighted by atomic mass is 9.98. The van der Waals surface area contributed by atoms with Crippen LogP contribution in [0.15, 0.2) is 0 Å². The number of halogens is 1. The average molecular weight is 342 g/mol. The molecule has 0 aromatic heterocycles. The van der Waals surface area contributed by atoms with Crippen molar-refractivity contribution < 1.29 is 9.59 Å². The van der Waals surface area contributed by atoms with Gasteiger partial charge in [-0.15, -0.1) is 12.4 Å². The zero-order chi connectivity index (χ0) is 15.3. The quantitative estimate of drug-likeness (QED) is 0.825. The summed E-state index contributed by atoms with van der Waals surface area (Å²) >= 11 is 0. The highest BCUT2D eigenvalue weighted by atomic mass is 35.5. The molecule has 4 unspecified atom stereocenters. The number of fused-ring (bicyclic) bond motifs is 1. The van der Waals surface area contributed by atoms with E-state index in [2.05, 4.69) is 0 Å². The highest BCUT2D eigenvalue weighted by Gasteiger charge is 2.46. The van der Waals surface area contributed by atoms with E-state index < -0.39 is 0 Å². The van der Waals surface area contributed by atoms with Gasteiger partial charge in [-0.25, -0.2) is 0 Å². The summed E-state index contributed by atoms with van der Waals surface area (Å²) in [5.41, 5.74) is 6.16. The molecule has 0 aromatic carbocycles. The van der Waals surface area contributed by atoms with Crippen molar-refractivity contribution in [3.8, 4) is 0 Å². The van der Waals surface area contributed by atoms with Gasteiger partial charge in [-0.2, -0.15) is 0 Å². The molecule has 5 nitrogen and oxygen atoms in total. The third kappa shape index (κ3) is 2.98. The number of amides is 2. The Labute approximate surface area is 144 Å². The maximum Gasteiger partial charge on any atom is 0.228 e. The van der Waals surface area contributed by atoms with E-state index in [-0.39, 0.29) is 36.2 Å². The van der Waals surface area contributed by atoms with E-state index in [0.717, 1.165) is 38.8 Å². The summed E-state index contributed by atoms with van der Waals surface area (Å²) < 4.78 is 0. The Morgan fingerprint density at radius 2 is 1.78 bits per heavy atom. The van der Waals surface area contributed by atoms with Gasteiger partial charge in [0.25, 0.3) is 0 Å². The number of likely N-dealkylation sites (tertiary alicyclic amines) is 2. The van der Waals surface area contributed by atoms with Gasteiger partial charge in [0, 0.05) is 38.1 Å². The summed E-state index contributed by atoms with van der Waals surface area (Å²) in [6.45, 7) is 2.34. The minimum Gasteiger partial charge on any atom is -0.342 e. The molecule has 2 amide bonds. The number of carbonyl (C=O) groups is 2. The second kappa shape index (κ2) is 6.60. The number of nitrogens with zero attached hydrogens (tertiary/aromatic N) is 2. The van der Waals surface area contributed by atoms with Crippen LogP contribution in [0.4, 0.5) is 0 Å². The third-order valence-corrected chi connectivity index (χ3v) is 6.50. The molecule has 4 rings (SSSR count). The van der Waals surface area contributed by atoms with Crippen LogP contribution in [0, 0.1) is 17.8 Å². The van der Waals surface area contributed by atoms with Gasteiger partial charge >= 0.3 is 0 Å². The molecule has 2 heterocycles. The second-order valence-corrected chi connectivity index (χ2v) is 7.79. The van der Waals surface area contributed by atoms with Gasteiger partial charge < -0.3 is 15.5 Å². The predicted molar refractivity (Wildman–Crippen MR) is 90.1 cm³/mol. The molecule has 2 N–H and O–H groups in total. The number of hydrogen-bond acceptors (Lipinski definition) is 3. The van der Waals surface area contributed by atoms with Crippen LogP contribution in [0.1, 0.15) is 44.9 Å². The topological polar surface area (TPSA) is 66.6 Å². The van der Waals surface area contributed by atoms with Gasteiger partial charge in [0.05, 0.1) is 5.92 Å². The Morgan fingerprint density at radius 3 is 2.48 bits per heavy atom. The van der Waals surface area contributed by atoms with E-state index in [1.165, 1.54) is 12.8 Å². The highest BCUT2D eigenvalue weighted by Crippen LogP contribution is 2.38. The highest BCUT2D eigenvalue weighted by molar-refractivity contribution is 5.89. The third-order valence-electron chi connectivity index (χ3n) is 6.50. The first-order valence-corrected chi connectivity index (χ1v) is 8.97. The molecule has 4 atom stereocenters. The van der Waals surface area contributed by atoms with Gasteiger partial charge in [0.15, 0.2) is 0 Å². The second-order valence-electron chi connectivity index (χ2n) is 7.79. The van der Waals surface area contributed by atoms with E-state index in [9.17, 15) is 9.59 Å². The molecular formula is C17H28ClN3O2. The van der Waals surface area contributed by atoms with Crippen LogP contribution in [0.3, 0.4) is 0 Å². The number of carbonyl (C=O) groups excluding carboxylic acids is 2. The Bertz CT molecular complexity index is 480. The van der Waals surface area contributed by atoms with Crippen molar-refractivity contribution in [1.82, 2.24) is 9.80 Å². The van der Waals surface area contributed by atoms with Gasteiger partial charge in [-0.3, -0.25) is 9.59 Å². The summed E-state index contributed by atoms with van der Waals surface area (Å²) in [6.07, 6.45) is 7.38. The molecule has 4 fully saturated rings. The standard InChI is InChI=1S/C17H27N3O2.ClH/c18-15-6-5-11-8-19(10-14(11)15)17(22)12-7-16(21)20(9-12)13-3-1-2-4-13;/h11-15H,1-10,18H2;1H. The van der Waals surface area contributed by atoms with E-state index in [0.29, 0.717) is 30.8 Å². The molecule has 23 heavy (non-hydrogen) atoms. The summed E-state index contributed by atoms with van der Waals surface area (Å²) in [5.74, 6) is 1.38. The first-order valence-electron chi connectivity index (χ1n) is 8.97. The number of rotatable bonds is 2. The molecule has 2 aliphatic heterocycles. The van der Waals surface area contributed by atoms with Crippen molar-refractivity contribution in [3.63, 3.8) is 0 Å². The number of hydrogen-bond donors (Lipinski definition) is 1. The fourth-order valence-electron chi connectivity index (χ4n) is 5.21. The largest absolute Gasteiger partial charge is 0.342 e. The molecule has 6 heteroatoms. The lowest BCUT2D eigenvalue weighted by molar-refractivity contribution is -0.135. The predicted octanol–water partition coefficient (Wildman–Crippen LogP) is 1.39. The van der Waals surface area contributed by atoms with Crippen molar-refractivity contribution in [1.29, 1.82) is 0 Å². The van der Waals surface area contributed by atoms with Crippen molar-refractivity contribution in [2.45, 2.75) is 57.0 Å².